The van der Waals surface area contributed by atoms with Gasteiger partial charge in [-0.3, -0.25) is 0 Å². The van der Waals surface area contributed by atoms with Crippen molar-refractivity contribution in [1.29, 1.82) is 0 Å². The third-order valence-electron chi connectivity index (χ3n) is 2.93. The van der Waals surface area contributed by atoms with Crippen LogP contribution in [0.1, 0.15) is 26.2 Å². The fraction of sp³-hybridized carbons (Fsp3) is 0.846. The number of methoxy groups -OCH3 is 2. The summed E-state index contributed by atoms with van der Waals surface area (Å²) in [6.45, 7) is 7.80. The highest BCUT2D eigenvalue weighted by atomic mass is 16.5. The van der Waals surface area contributed by atoms with Crippen LogP contribution in [0.2, 0.25) is 0 Å². The molecule has 116 valence electrons. The smallest absolute Gasteiger partial charge is 0.315 e. The molecular formula is C13H26N4O3. The summed E-state index contributed by atoms with van der Waals surface area (Å²) in [5.74, 6) is 0.568. The SMILES string of the molecule is COCCNCc1nnc(NCC(C)(C)CCOC)o1. The summed E-state index contributed by atoms with van der Waals surface area (Å²) in [7, 11) is 3.38. The molecule has 2 N–H and O–H groups in total. The molecule has 1 aromatic rings. The Kier molecular flexibility index (Phi) is 7.50. The third kappa shape index (κ3) is 6.83. The molecule has 0 bridgehead atoms. The van der Waals surface area contributed by atoms with Gasteiger partial charge in [-0.1, -0.05) is 18.9 Å². The van der Waals surface area contributed by atoms with Crippen molar-refractivity contribution < 1.29 is 13.9 Å². The van der Waals surface area contributed by atoms with E-state index in [4.69, 9.17) is 13.9 Å². The van der Waals surface area contributed by atoms with Crippen LogP contribution in [0, 0.1) is 5.41 Å². The first-order valence-electron chi connectivity index (χ1n) is 6.82. The van der Waals surface area contributed by atoms with Gasteiger partial charge in [-0.05, 0) is 11.8 Å². The van der Waals surface area contributed by atoms with Crippen LogP contribution in [0.4, 0.5) is 6.01 Å². The predicted molar refractivity (Wildman–Crippen MR) is 76.6 cm³/mol. The second-order valence-corrected chi connectivity index (χ2v) is 5.43. The van der Waals surface area contributed by atoms with Gasteiger partial charge in [0.15, 0.2) is 0 Å². The van der Waals surface area contributed by atoms with Crippen LogP contribution >= 0.6 is 0 Å². The standard InChI is InChI=1S/C13H26N4O3/c1-13(2,5-7-18-3)10-15-12-17-16-11(20-12)9-14-6-8-19-4/h14H,5-10H2,1-4H3,(H,15,17). The maximum Gasteiger partial charge on any atom is 0.315 e. The van der Waals surface area contributed by atoms with Crippen molar-refractivity contribution in [2.75, 3.05) is 45.8 Å². The van der Waals surface area contributed by atoms with Crippen molar-refractivity contribution in [3.63, 3.8) is 0 Å². The van der Waals surface area contributed by atoms with Gasteiger partial charge in [-0.25, -0.2) is 0 Å². The summed E-state index contributed by atoms with van der Waals surface area (Å²) >= 11 is 0. The van der Waals surface area contributed by atoms with Gasteiger partial charge in [-0.2, -0.15) is 0 Å². The molecule has 0 radical (unpaired) electrons. The summed E-state index contributed by atoms with van der Waals surface area (Å²) in [4.78, 5) is 0. The molecule has 0 saturated heterocycles. The summed E-state index contributed by atoms with van der Waals surface area (Å²) < 4.78 is 15.5. The monoisotopic (exact) mass is 286 g/mol. The molecule has 0 spiro atoms. The Hall–Kier alpha value is -1.18. The maximum absolute atomic E-state index is 5.50. The van der Waals surface area contributed by atoms with Crippen molar-refractivity contribution in [2.45, 2.75) is 26.8 Å². The highest BCUT2D eigenvalue weighted by Gasteiger charge is 2.18. The number of rotatable bonds is 11. The van der Waals surface area contributed by atoms with Crippen LogP contribution in [0.25, 0.3) is 0 Å². The highest BCUT2D eigenvalue weighted by molar-refractivity contribution is 5.17. The highest BCUT2D eigenvalue weighted by Crippen LogP contribution is 2.20. The Morgan fingerprint density at radius 3 is 2.60 bits per heavy atom. The zero-order valence-electron chi connectivity index (χ0n) is 12.9. The van der Waals surface area contributed by atoms with E-state index in [1.165, 1.54) is 0 Å². The van der Waals surface area contributed by atoms with Gasteiger partial charge in [-0.15, -0.1) is 5.10 Å². The average Bonchev–Trinajstić information content (AvgIpc) is 2.87. The molecule has 0 aliphatic rings. The lowest BCUT2D eigenvalue weighted by Gasteiger charge is -2.23. The number of aromatic nitrogens is 2. The molecule has 7 nitrogen and oxygen atoms in total. The average molecular weight is 286 g/mol. The lowest BCUT2D eigenvalue weighted by atomic mass is 9.90. The Balaban J connectivity index is 2.29. The Labute approximate surface area is 120 Å². The van der Waals surface area contributed by atoms with E-state index in [0.717, 1.165) is 26.1 Å². The van der Waals surface area contributed by atoms with E-state index in [9.17, 15) is 0 Å². The number of nitrogens with one attached hydrogen (secondary N) is 2. The van der Waals surface area contributed by atoms with Crippen LogP contribution in [-0.4, -0.2) is 50.7 Å². The van der Waals surface area contributed by atoms with Crippen LogP contribution in [-0.2, 0) is 16.0 Å². The van der Waals surface area contributed by atoms with Crippen molar-refractivity contribution in [1.82, 2.24) is 15.5 Å². The van der Waals surface area contributed by atoms with E-state index in [1.54, 1.807) is 14.2 Å². The fourth-order valence-electron chi connectivity index (χ4n) is 1.55. The molecule has 0 aliphatic heterocycles. The first kappa shape index (κ1) is 16.9. The Bertz CT molecular complexity index is 368. The second kappa shape index (κ2) is 8.89. The van der Waals surface area contributed by atoms with Crippen LogP contribution in [0.5, 0.6) is 0 Å². The topological polar surface area (TPSA) is 81.4 Å². The molecule has 0 unspecified atom stereocenters. The van der Waals surface area contributed by atoms with E-state index in [-0.39, 0.29) is 5.41 Å². The second-order valence-electron chi connectivity index (χ2n) is 5.43. The first-order valence-corrected chi connectivity index (χ1v) is 6.82. The summed E-state index contributed by atoms with van der Waals surface area (Å²) in [6.07, 6.45) is 0.968. The number of anilines is 1. The van der Waals surface area contributed by atoms with E-state index < -0.39 is 0 Å². The Morgan fingerprint density at radius 1 is 1.15 bits per heavy atom. The van der Waals surface area contributed by atoms with E-state index in [2.05, 4.69) is 34.7 Å². The molecular weight excluding hydrogens is 260 g/mol. The minimum absolute atomic E-state index is 0.112. The molecule has 7 heteroatoms. The normalized spacial score (nSPS) is 11.8. The molecule has 20 heavy (non-hydrogen) atoms. The minimum Gasteiger partial charge on any atom is -0.407 e. The van der Waals surface area contributed by atoms with Gasteiger partial charge < -0.3 is 24.5 Å². The number of hydrogen-bond acceptors (Lipinski definition) is 7. The van der Waals surface area contributed by atoms with Crippen molar-refractivity contribution in [2.24, 2.45) is 5.41 Å². The number of nitrogens with zero attached hydrogens (tertiary/aromatic N) is 2. The molecule has 1 aromatic heterocycles. The molecule has 1 rings (SSSR count). The van der Waals surface area contributed by atoms with Gasteiger partial charge in [0, 0.05) is 33.9 Å². The number of hydrogen-bond donors (Lipinski definition) is 2. The third-order valence-corrected chi connectivity index (χ3v) is 2.93. The van der Waals surface area contributed by atoms with Crippen molar-refractivity contribution >= 4 is 6.01 Å². The van der Waals surface area contributed by atoms with Crippen LogP contribution < -0.4 is 10.6 Å². The molecule has 0 saturated carbocycles. The minimum atomic E-state index is 0.112. The first-order chi connectivity index (χ1) is 9.57. The largest absolute Gasteiger partial charge is 0.407 e. The molecule has 0 atom stereocenters. The van der Waals surface area contributed by atoms with E-state index >= 15 is 0 Å². The molecule has 0 amide bonds. The maximum atomic E-state index is 5.50. The van der Waals surface area contributed by atoms with Crippen molar-refractivity contribution in [3.8, 4) is 0 Å². The quantitative estimate of drug-likeness (QED) is 0.593. The number of ether oxygens (including phenoxy) is 2. The van der Waals surface area contributed by atoms with Crippen LogP contribution in [0.15, 0.2) is 4.42 Å². The molecule has 0 aliphatic carbocycles. The zero-order chi connectivity index (χ0) is 14.8. The summed E-state index contributed by atoms with van der Waals surface area (Å²) in [5, 5.41) is 14.3. The Morgan fingerprint density at radius 2 is 1.90 bits per heavy atom. The lowest BCUT2D eigenvalue weighted by Crippen LogP contribution is -2.24. The molecule has 1 heterocycles. The van der Waals surface area contributed by atoms with Gasteiger partial charge in [0.05, 0.1) is 13.2 Å². The zero-order valence-corrected chi connectivity index (χ0v) is 12.9. The summed E-state index contributed by atoms with van der Waals surface area (Å²) in [5.41, 5.74) is 0.112. The van der Waals surface area contributed by atoms with Gasteiger partial charge in [0.25, 0.3) is 0 Å². The summed E-state index contributed by atoms with van der Waals surface area (Å²) in [6, 6.07) is 0.457. The van der Waals surface area contributed by atoms with Crippen LogP contribution in [0.3, 0.4) is 0 Å². The van der Waals surface area contributed by atoms with E-state index in [0.29, 0.717) is 25.1 Å². The van der Waals surface area contributed by atoms with Crippen molar-refractivity contribution in [3.05, 3.63) is 5.89 Å². The van der Waals surface area contributed by atoms with Gasteiger partial charge in [0.1, 0.15) is 0 Å². The lowest BCUT2D eigenvalue weighted by molar-refractivity contribution is 0.156. The molecule has 0 aromatic carbocycles. The van der Waals surface area contributed by atoms with Gasteiger partial charge in [0.2, 0.25) is 5.89 Å². The predicted octanol–water partition coefficient (Wildman–Crippen LogP) is 1.28. The fourth-order valence-corrected chi connectivity index (χ4v) is 1.55. The molecule has 0 fully saturated rings. The van der Waals surface area contributed by atoms with E-state index in [1.807, 2.05) is 0 Å². The van der Waals surface area contributed by atoms with Gasteiger partial charge >= 0.3 is 6.01 Å².